The molecule has 2 nitrogen and oxygen atoms in total. The van der Waals surface area contributed by atoms with Gasteiger partial charge in [-0.25, -0.2) is 0 Å². The lowest BCUT2D eigenvalue weighted by Gasteiger charge is -2.11. The van der Waals surface area contributed by atoms with Crippen LogP contribution in [0.4, 0.5) is 0 Å². The molecule has 0 unspecified atom stereocenters. The third-order valence-electron chi connectivity index (χ3n) is 3.76. The van der Waals surface area contributed by atoms with Crippen LogP contribution in [0.1, 0.15) is 28.7 Å². The molecule has 0 amide bonds. The highest BCUT2D eigenvalue weighted by molar-refractivity contribution is 5.86. The fourth-order valence-electron chi connectivity index (χ4n) is 2.83. The Bertz CT molecular complexity index is 634. The van der Waals surface area contributed by atoms with Crippen molar-refractivity contribution in [3.8, 4) is 0 Å². The van der Waals surface area contributed by atoms with Gasteiger partial charge in [0.25, 0.3) is 0 Å². The molecular weight excluding hydrogens is 248 g/mol. The number of fused-ring (bicyclic) bond motifs is 2. The molecule has 0 saturated heterocycles. The van der Waals surface area contributed by atoms with Crippen LogP contribution >= 0.6 is 0 Å². The van der Waals surface area contributed by atoms with Crippen molar-refractivity contribution in [1.82, 2.24) is 0 Å². The topological polar surface area (TPSA) is 37.3 Å². The lowest BCUT2D eigenvalue weighted by molar-refractivity contribution is -0.135. The van der Waals surface area contributed by atoms with E-state index >= 15 is 0 Å². The lowest BCUT2D eigenvalue weighted by atomic mass is 9.93. The third kappa shape index (κ3) is 2.37. The second-order valence-corrected chi connectivity index (χ2v) is 5.03. The first-order valence-electron chi connectivity index (χ1n) is 6.84. The molecule has 0 bridgehead atoms. The Hall–Kier alpha value is -2.35. The summed E-state index contributed by atoms with van der Waals surface area (Å²) in [4.78, 5) is 10.9. The molecule has 0 saturated carbocycles. The second-order valence-electron chi connectivity index (χ2n) is 5.03. The smallest absolute Gasteiger partial charge is 0.307 e. The van der Waals surface area contributed by atoms with Gasteiger partial charge in [0.2, 0.25) is 0 Å². The van der Waals surface area contributed by atoms with E-state index < -0.39 is 5.97 Å². The molecule has 20 heavy (non-hydrogen) atoms. The zero-order chi connectivity index (χ0) is 13.9. The van der Waals surface area contributed by atoms with Crippen LogP contribution in [0.3, 0.4) is 0 Å². The highest BCUT2D eigenvalue weighted by atomic mass is 16.4. The van der Waals surface area contributed by atoms with Gasteiger partial charge in [0.15, 0.2) is 0 Å². The van der Waals surface area contributed by atoms with Crippen molar-refractivity contribution < 1.29 is 9.90 Å². The molecule has 2 heteroatoms. The van der Waals surface area contributed by atoms with Gasteiger partial charge in [0.1, 0.15) is 0 Å². The monoisotopic (exact) mass is 264 g/mol. The van der Waals surface area contributed by atoms with Crippen LogP contribution in [0.25, 0.3) is 5.57 Å². The Balaban J connectivity index is 2.19. The van der Waals surface area contributed by atoms with E-state index in [0.717, 1.165) is 18.4 Å². The summed E-state index contributed by atoms with van der Waals surface area (Å²) in [6.45, 7) is 0. The molecule has 0 spiro atoms. The van der Waals surface area contributed by atoms with Gasteiger partial charge < -0.3 is 5.11 Å². The number of carboxylic acids is 1. The van der Waals surface area contributed by atoms with Gasteiger partial charge in [0, 0.05) is 0 Å². The Morgan fingerprint density at radius 3 is 1.95 bits per heavy atom. The summed E-state index contributed by atoms with van der Waals surface area (Å²) in [5, 5.41) is 8.97. The van der Waals surface area contributed by atoms with E-state index in [1.54, 1.807) is 0 Å². The van der Waals surface area contributed by atoms with Gasteiger partial charge in [-0.2, -0.15) is 0 Å². The van der Waals surface area contributed by atoms with E-state index in [4.69, 9.17) is 5.11 Å². The first-order valence-corrected chi connectivity index (χ1v) is 6.84. The predicted octanol–water partition coefficient (Wildman–Crippen LogP) is 3.69. The Kier molecular flexibility index (Phi) is 3.38. The average molecular weight is 264 g/mol. The van der Waals surface area contributed by atoms with E-state index in [2.05, 4.69) is 24.3 Å². The van der Waals surface area contributed by atoms with Crippen molar-refractivity contribution in [3.63, 3.8) is 0 Å². The molecule has 2 aromatic carbocycles. The zero-order valence-corrected chi connectivity index (χ0v) is 11.2. The van der Waals surface area contributed by atoms with E-state index in [-0.39, 0.29) is 6.42 Å². The fourth-order valence-corrected chi connectivity index (χ4v) is 2.83. The number of rotatable bonds is 2. The van der Waals surface area contributed by atoms with Crippen LogP contribution in [0.2, 0.25) is 0 Å². The standard InChI is InChI=1S/C18H16O2/c19-18(20)12-11-17-15-7-3-1-5-13(15)9-10-14-6-2-4-8-16(14)17/h1-8,11H,9-10,12H2,(H,19,20). The number of carboxylic acid groups (broad SMARTS) is 1. The fraction of sp³-hybridized carbons (Fsp3) is 0.167. The first kappa shape index (κ1) is 12.7. The van der Waals surface area contributed by atoms with Gasteiger partial charge in [-0.1, -0.05) is 54.6 Å². The summed E-state index contributed by atoms with van der Waals surface area (Å²) < 4.78 is 0. The molecule has 0 aromatic heterocycles. The zero-order valence-electron chi connectivity index (χ0n) is 11.2. The van der Waals surface area contributed by atoms with Crippen LogP contribution < -0.4 is 0 Å². The van der Waals surface area contributed by atoms with Crippen LogP contribution in [0.5, 0.6) is 0 Å². The van der Waals surface area contributed by atoms with E-state index in [1.807, 2.05) is 30.3 Å². The van der Waals surface area contributed by atoms with E-state index in [0.29, 0.717) is 0 Å². The third-order valence-corrected chi connectivity index (χ3v) is 3.76. The van der Waals surface area contributed by atoms with Gasteiger partial charge in [-0.05, 0) is 40.7 Å². The van der Waals surface area contributed by atoms with Crippen LogP contribution in [0, 0.1) is 0 Å². The largest absolute Gasteiger partial charge is 0.481 e. The maximum absolute atomic E-state index is 10.9. The lowest BCUT2D eigenvalue weighted by Crippen LogP contribution is -1.96. The van der Waals surface area contributed by atoms with Crippen LogP contribution in [-0.4, -0.2) is 11.1 Å². The van der Waals surface area contributed by atoms with Crippen molar-refractivity contribution in [3.05, 3.63) is 76.9 Å². The predicted molar refractivity (Wildman–Crippen MR) is 79.6 cm³/mol. The minimum absolute atomic E-state index is 0.0536. The molecule has 0 aliphatic heterocycles. The molecule has 1 aliphatic rings. The number of carbonyl (C=O) groups is 1. The Morgan fingerprint density at radius 1 is 0.950 bits per heavy atom. The summed E-state index contributed by atoms with van der Waals surface area (Å²) in [5.41, 5.74) is 5.97. The molecule has 1 N–H and O–H groups in total. The Labute approximate surface area is 118 Å². The summed E-state index contributed by atoms with van der Waals surface area (Å²) in [7, 11) is 0. The number of benzene rings is 2. The van der Waals surface area contributed by atoms with E-state index in [1.165, 1.54) is 22.3 Å². The number of aliphatic carboxylic acids is 1. The quantitative estimate of drug-likeness (QED) is 0.898. The van der Waals surface area contributed by atoms with Gasteiger partial charge >= 0.3 is 5.97 Å². The van der Waals surface area contributed by atoms with Crippen molar-refractivity contribution in [2.24, 2.45) is 0 Å². The maximum Gasteiger partial charge on any atom is 0.307 e. The normalized spacial score (nSPS) is 13.1. The van der Waals surface area contributed by atoms with Crippen molar-refractivity contribution >= 4 is 11.5 Å². The SMILES string of the molecule is O=C(O)CC=C1c2ccccc2CCc2ccccc21. The maximum atomic E-state index is 10.9. The molecule has 0 fully saturated rings. The highest BCUT2D eigenvalue weighted by Gasteiger charge is 2.17. The molecule has 100 valence electrons. The van der Waals surface area contributed by atoms with Crippen LogP contribution in [-0.2, 0) is 17.6 Å². The minimum Gasteiger partial charge on any atom is -0.481 e. The number of hydrogen-bond donors (Lipinski definition) is 1. The van der Waals surface area contributed by atoms with Gasteiger partial charge in [-0.15, -0.1) is 0 Å². The van der Waals surface area contributed by atoms with Crippen molar-refractivity contribution in [2.75, 3.05) is 0 Å². The second kappa shape index (κ2) is 5.33. The molecule has 2 aromatic rings. The first-order chi connectivity index (χ1) is 9.75. The van der Waals surface area contributed by atoms with Crippen molar-refractivity contribution in [1.29, 1.82) is 0 Å². The van der Waals surface area contributed by atoms with Gasteiger partial charge in [0.05, 0.1) is 6.42 Å². The molecular formula is C18H16O2. The molecule has 0 radical (unpaired) electrons. The molecule has 0 heterocycles. The summed E-state index contributed by atoms with van der Waals surface area (Å²) in [6.07, 6.45) is 3.89. The number of hydrogen-bond acceptors (Lipinski definition) is 1. The summed E-state index contributed by atoms with van der Waals surface area (Å²) in [5.74, 6) is -0.795. The summed E-state index contributed by atoms with van der Waals surface area (Å²) in [6, 6.07) is 16.6. The van der Waals surface area contributed by atoms with Gasteiger partial charge in [-0.3, -0.25) is 4.79 Å². The minimum atomic E-state index is -0.795. The average Bonchev–Trinajstić information content (AvgIpc) is 2.62. The molecule has 3 rings (SSSR count). The van der Waals surface area contributed by atoms with Crippen molar-refractivity contribution in [2.45, 2.75) is 19.3 Å². The van der Waals surface area contributed by atoms with E-state index in [9.17, 15) is 4.79 Å². The number of aryl methyl sites for hydroxylation is 2. The summed E-state index contributed by atoms with van der Waals surface area (Å²) >= 11 is 0. The van der Waals surface area contributed by atoms with Crippen LogP contribution in [0.15, 0.2) is 54.6 Å². The molecule has 1 aliphatic carbocycles. The molecule has 0 atom stereocenters. The Morgan fingerprint density at radius 2 is 1.45 bits per heavy atom. The highest BCUT2D eigenvalue weighted by Crippen LogP contribution is 2.33.